The second-order valence-electron chi connectivity index (χ2n) is 5.07. The van der Waals surface area contributed by atoms with E-state index in [4.69, 9.17) is 10.5 Å². The van der Waals surface area contributed by atoms with Gasteiger partial charge in [0.1, 0.15) is 12.4 Å². The van der Waals surface area contributed by atoms with Crippen LogP contribution in [0.15, 0.2) is 18.2 Å². The summed E-state index contributed by atoms with van der Waals surface area (Å²) in [7, 11) is 0. The molecule has 1 heterocycles. The maximum absolute atomic E-state index is 11.8. The van der Waals surface area contributed by atoms with Crippen molar-refractivity contribution in [3.63, 3.8) is 0 Å². The number of ether oxygens (including phenoxy) is 1. The summed E-state index contributed by atoms with van der Waals surface area (Å²) < 4.78 is 5.65. The molecule has 2 rings (SSSR count). The molecular formula is C15H22N2O2. The number of carbonyl (C=O) groups excluding carboxylic acids is 1. The van der Waals surface area contributed by atoms with E-state index in [9.17, 15) is 4.79 Å². The average molecular weight is 262 g/mol. The number of hydrogen-bond donors (Lipinski definition) is 2. The van der Waals surface area contributed by atoms with Gasteiger partial charge in [-0.1, -0.05) is 31.9 Å². The normalized spacial score (nSPS) is 17.4. The number of unbranched alkanes of at least 4 members (excludes halogenated alkanes) is 2. The number of fused-ring (bicyclic) bond motifs is 1. The summed E-state index contributed by atoms with van der Waals surface area (Å²) in [6, 6.07) is 5.82. The number of anilines is 1. The van der Waals surface area contributed by atoms with Crippen LogP contribution in [-0.4, -0.2) is 18.6 Å². The molecule has 1 aliphatic rings. The fourth-order valence-corrected chi connectivity index (χ4v) is 2.38. The average Bonchev–Trinajstić information content (AvgIpc) is 2.39. The Morgan fingerprint density at radius 2 is 2.32 bits per heavy atom. The van der Waals surface area contributed by atoms with Gasteiger partial charge in [0.15, 0.2) is 0 Å². The number of nitrogen functional groups attached to an aromatic ring is 1. The molecule has 0 saturated heterocycles. The Morgan fingerprint density at radius 1 is 1.47 bits per heavy atom. The minimum Gasteiger partial charge on any atom is -0.489 e. The molecule has 1 aliphatic heterocycles. The smallest absolute Gasteiger partial charge is 0.220 e. The fraction of sp³-hybridized carbons (Fsp3) is 0.533. The Balaban J connectivity index is 1.86. The minimum absolute atomic E-state index is 0.0587. The molecule has 19 heavy (non-hydrogen) atoms. The largest absolute Gasteiger partial charge is 0.489 e. The lowest BCUT2D eigenvalue weighted by Gasteiger charge is -2.27. The van der Waals surface area contributed by atoms with Crippen LogP contribution in [0, 0.1) is 0 Å². The first-order valence-electron chi connectivity index (χ1n) is 7.00. The molecule has 0 fully saturated rings. The quantitative estimate of drug-likeness (QED) is 0.632. The van der Waals surface area contributed by atoms with Crippen LogP contribution in [0.4, 0.5) is 5.69 Å². The number of nitrogens with one attached hydrogen (secondary N) is 1. The van der Waals surface area contributed by atoms with Crippen molar-refractivity contribution in [2.45, 2.75) is 45.1 Å². The van der Waals surface area contributed by atoms with Gasteiger partial charge in [-0.3, -0.25) is 4.79 Å². The molecule has 0 saturated carbocycles. The number of nitrogens with two attached hydrogens (primary N) is 1. The van der Waals surface area contributed by atoms with Crippen molar-refractivity contribution in [2.75, 3.05) is 12.3 Å². The lowest BCUT2D eigenvalue weighted by atomic mass is 10.0. The van der Waals surface area contributed by atoms with Gasteiger partial charge in [0.2, 0.25) is 5.91 Å². The fourth-order valence-electron chi connectivity index (χ4n) is 2.38. The number of para-hydroxylation sites is 1. The summed E-state index contributed by atoms with van der Waals surface area (Å²) in [4.78, 5) is 11.8. The van der Waals surface area contributed by atoms with Crippen LogP contribution in [0.25, 0.3) is 0 Å². The van der Waals surface area contributed by atoms with Gasteiger partial charge in [-0.25, -0.2) is 0 Å². The Morgan fingerprint density at radius 3 is 3.11 bits per heavy atom. The Labute approximate surface area is 114 Å². The molecule has 1 amide bonds. The van der Waals surface area contributed by atoms with Gasteiger partial charge >= 0.3 is 0 Å². The summed E-state index contributed by atoms with van der Waals surface area (Å²) >= 11 is 0. The molecule has 4 nitrogen and oxygen atoms in total. The van der Waals surface area contributed by atoms with Crippen LogP contribution in [-0.2, 0) is 11.2 Å². The molecule has 0 spiro atoms. The molecule has 1 unspecified atom stereocenters. The summed E-state index contributed by atoms with van der Waals surface area (Å²) in [5.41, 5.74) is 7.60. The van der Waals surface area contributed by atoms with Crippen molar-refractivity contribution < 1.29 is 9.53 Å². The predicted octanol–water partition coefficient (Wildman–Crippen LogP) is 2.27. The molecule has 1 aromatic carbocycles. The van der Waals surface area contributed by atoms with Crippen molar-refractivity contribution >= 4 is 11.6 Å². The Kier molecular flexibility index (Phi) is 4.66. The molecule has 4 heteroatoms. The summed E-state index contributed by atoms with van der Waals surface area (Å²) in [6.45, 7) is 2.63. The van der Waals surface area contributed by atoms with Crippen molar-refractivity contribution in [2.24, 2.45) is 0 Å². The number of rotatable bonds is 5. The van der Waals surface area contributed by atoms with E-state index in [1.54, 1.807) is 0 Å². The second-order valence-corrected chi connectivity index (χ2v) is 5.07. The molecule has 0 aliphatic carbocycles. The Bertz CT molecular complexity index is 446. The van der Waals surface area contributed by atoms with E-state index in [2.05, 4.69) is 12.2 Å². The molecule has 1 aromatic rings. The van der Waals surface area contributed by atoms with Crippen molar-refractivity contribution in [3.05, 3.63) is 23.8 Å². The molecule has 104 valence electrons. The predicted molar refractivity (Wildman–Crippen MR) is 76.1 cm³/mol. The van der Waals surface area contributed by atoms with Crippen molar-refractivity contribution in [1.82, 2.24) is 5.32 Å². The highest BCUT2D eigenvalue weighted by atomic mass is 16.5. The molecule has 3 N–H and O–H groups in total. The third-order valence-corrected chi connectivity index (χ3v) is 3.39. The number of hydrogen-bond acceptors (Lipinski definition) is 3. The standard InChI is InChI=1S/C15H22N2O2/c1-2-3-4-8-14(18)17-12-9-11-6-5-7-13(16)15(11)19-10-12/h5-7,12H,2-4,8-10,16H2,1H3,(H,17,18). The van der Waals surface area contributed by atoms with Crippen LogP contribution in [0.1, 0.15) is 38.2 Å². The monoisotopic (exact) mass is 262 g/mol. The molecule has 1 atom stereocenters. The maximum Gasteiger partial charge on any atom is 0.220 e. The summed E-state index contributed by atoms with van der Waals surface area (Å²) in [5.74, 6) is 0.897. The van der Waals surface area contributed by atoms with E-state index >= 15 is 0 Å². The van der Waals surface area contributed by atoms with E-state index in [1.165, 1.54) is 0 Å². The zero-order valence-electron chi connectivity index (χ0n) is 11.4. The summed E-state index contributed by atoms with van der Waals surface area (Å²) in [6.07, 6.45) is 4.59. The number of carbonyl (C=O) groups is 1. The first kappa shape index (κ1) is 13.7. The highest BCUT2D eigenvalue weighted by Crippen LogP contribution is 2.30. The minimum atomic E-state index is 0.0587. The molecule has 0 aromatic heterocycles. The van der Waals surface area contributed by atoms with Crippen LogP contribution in [0.2, 0.25) is 0 Å². The highest BCUT2D eigenvalue weighted by Gasteiger charge is 2.22. The zero-order valence-corrected chi connectivity index (χ0v) is 11.4. The lowest BCUT2D eigenvalue weighted by Crippen LogP contribution is -2.42. The number of amides is 1. The van der Waals surface area contributed by atoms with Crippen molar-refractivity contribution in [1.29, 1.82) is 0 Å². The summed E-state index contributed by atoms with van der Waals surface area (Å²) in [5, 5.41) is 3.03. The molecule has 0 bridgehead atoms. The van der Waals surface area contributed by atoms with Crippen molar-refractivity contribution in [3.8, 4) is 5.75 Å². The zero-order chi connectivity index (χ0) is 13.7. The SMILES string of the molecule is CCCCCC(=O)NC1COc2c(N)cccc2C1. The van der Waals surface area contributed by atoms with E-state index in [0.29, 0.717) is 18.7 Å². The van der Waals surface area contributed by atoms with Gasteiger partial charge in [-0.2, -0.15) is 0 Å². The maximum atomic E-state index is 11.8. The van der Waals surface area contributed by atoms with Crippen LogP contribution < -0.4 is 15.8 Å². The van der Waals surface area contributed by atoms with Gasteiger partial charge < -0.3 is 15.8 Å². The highest BCUT2D eigenvalue weighted by molar-refractivity contribution is 5.76. The molecular weight excluding hydrogens is 240 g/mol. The van der Waals surface area contributed by atoms with Gasteiger partial charge in [0, 0.05) is 6.42 Å². The first-order valence-corrected chi connectivity index (χ1v) is 7.00. The van der Waals surface area contributed by atoms with Crippen LogP contribution in [0.3, 0.4) is 0 Å². The van der Waals surface area contributed by atoms with Gasteiger partial charge in [0.05, 0.1) is 11.7 Å². The van der Waals surface area contributed by atoms with Gasteiger partial charge in [0.25, 0.3) is 0 Å². The molecule has 0 radical (unpaired) electrons. The van der Waals surface area contributed by atoms with Crippen LogP contribution >= 0.6 is 0 Å². The van der Waals surface area contributed by atoms with Gasteiger partial charge in [-0.15, -0.1) is 0 Å². The first-order chi connectivity index (χ1) is 9.20. The second kappa shape index (κ2) is 6.45. The van der Waals surface area contributed by atoms with E-state index in [-0.39, 0.29) is 11.9 Å². The van der Waals surface area contributed by atoms with E-state index in [1.807, 2.05) is 18.2 Å². The third-order valence-electron chi connectivity index (χ3n) is 3.39. The van der Waals surface area contributed by atoms with E-state index in [0.717, 1.165) is 37.0 Å². The number of benzene rings is 1. The van der Waals surface area contributed by atoms with Crippen LogP contribution in [0.5, 0.6) is 5.75 Å². The lowest BCUT2D eigenvalue weighted by molar-refractivity contribution is -0.122. The third kappa shape index (κ3) is 3.63. The van der Waals surface area contributed by atoms with Gasteiger partial charge in [-0.05, 0) is 24.5 Å². The Hall–Kier alpha value is -1.71. The topological polar surface area (TPSA) is 64.3 Å². The van der Waals surface area contributed by atoms with E-state index < -0.39 is 0 Å².